The van der Waals surface area contributed by atoms with Crippen molar-refractivity contribution in [3.8, 4) is 11.5 Å². The first-order valence-corrected chi connectivity index (χ1v) is 9.07. The summed E-state index contributed by atoms with van der Waals surface area (Å²) in [4.78, 5) is 15.1. The van der Waals surface area contributed by atoms with E-state index in [2.05, 4.69) is 15.9 Å². The molecule has 0 aromatic heterocycles. The lowest BCUT2D eigenvalue weighted by molar-refractivity contribution is -0.126. The fourth-order valence-corrected chi connectivity index (χ4v) is 3.66. The highest BCUT2D eigenvalue weighted by molar-refractivity contribution is 9.10. The van der Waals surface area contributed by atoms with Crippen molar-refractivity contribution in [2.24, 2.45) is 0 Å². The number of nitrogens with zero attached hydrogens (tertiary/aromatic N) is 1. The van der Waals surface area contributed by atoms with E-state index in [-0.39, 0.29) is 5.91 Å². The van der Waals surface area contributed by atoms with Gasteiger partial charge in [-0.15, -0.1) is 0 Å². The van der Waals surface area contributed by atoms with Gasteiger partial charge in [-0.05, 0) is 42.7 Å². The Morgan fingerprint density at radius 2 is 1.68 bits per heavy atom. The maximum absolute atomic E-state index is 13.3. The molecule has 0 atom stereocenters. The highest BCUT2D eigenvalue weighted by Crippen LogP contribution is 2.46. The molecular formula is C20H22BrNO3. The van der Waals surface area contributed by atoms with Crippen LogP contribution >= 0.6 is 15.9 Å². The number of carbonyl (C=O) groups is 1. The summed E-state index contributed by atoms with van der Waals surface area (Å²) in [5, 5.41) is 0. The molecule has 132 valence electrons. The number of hydrogen-bond acceptors (Lipinski definition) is 3. The van der Waals surface area contributed by atoms with E-state index in [9.17, 15) is 4.79 Å². The molecule has 1 aliphatic carbocycles. The van der Waals surface area contributed by atoms with Gasteiger partial charge in [0, 0.05) is 23.3 Å². The molecule has 2 aromatic carbocycles. The third kappa shape index (κ3) is 3.13. The molecule has 1 amide bonds. The molecule has 4 nitrogen and oxygen atoms in total. The van der Waals surface area contributed by atoms with Crippen molar-refractivity contribution in [2.75, 3.05) is 26.2 Å². The van der Waals surface area contributed by atoms with E-state index in [0.717, 1.165) is 35.0 Å². The van der Waals surface area contributed by atoms with Gasteiger partial charge in [-0.2, -0.15) is 0 Å². The van der Waals surface area contributed by atoms with E-state index in [1.165, 1.54) is 0 Å². The summed E-state index contributed by atoms with van der Waals surface area (Å²) in [5.74, 6) is 1.39. The van der Waals surface area contributed by atoms with Crippen molar-refractivity contribution in [1.29, 1.82) is 0 Å². The Hall–Kier alpha value is -2.01. The number of halogens is 1. The Morgan fingerprint density at radius 1 is 1.04 bits per heavy atom. The minimum Gasteiger partial charge on any atom is -0.493 e. The van der Waals surface area contributed by atoms with Gasteiger partial charge in [0.15, 0.2) is 11.5 Å². The molecule has 1 aliphatic rings. The molecular weight excluding hydrogens is 382 g/mol. The van der Waals surface area contributed by atoms with Gasteiger partial charge >= 0.3 is 0 Å². The van der Waals surface area contributed by atoms with Gasteiger partial charge in [0.25, 0.3) is 0 Å². The van der Waals surface area contributed by atoms with E-state index in [0.29, 0.717) is 11.5 Å². The third-order valence-corrected chi connectivity index (χ3v) is 5.60. The van der Waals surface area contributed by atoms with Gasteiger partial charge in [0.05, 0.1) is 19.6 Å². The zero-order valence-corrected chi connectivity index (χ0v) is 16.3. The summed E-state index contributed by atoms with van der Waals surface area (Å²) in [7, 11) is 5.02. The Bertz CT molecular complexity index is 769. The third-order valence-electron chi connectivity index (χ3n) is 5.07. The van der Waals surface area contributed by atoms with Crippen molar-refractivity contribution in [1.82, 2.24) is 0 Å². The fourth-order valence-electron chi connectivity index (χ4n) is 3.40. The molecule has 3 rings (SSSR count). The van der Waals surface area contributed by atoms with Crippen LogP contribution in [0.3, 0.4) is 0 Å². The standard InChI is InChI=1S/C20H22BrNO3/c1-22(16-9-10-17(24-2)18(13-16)25-3)19(23)20(11-4-12-20)14-5-7-15(21)8-6-14/h5-10,13H,4,11-12H2,1-3H3. The normalized spacial score (nSPS) is 15.2. The van der Waals surface area contributed by atoms with Crippen LogP contribution < -0.4 is 14.4 Å². The van der Waals surface area contributed by atoms with Gasteiger partial charge < -0.3 is 14.4 Å². The molecule has 2 aromatic rings. The van der Waals surface area contributed by atoms with Crippen LogP contribution in [-0.4, -0.2) is 27.2 Å². The first-order valence-electron chi connectivity index (χ1n) is 8.28. The SMILES string of the molecule is COc1ccc(N(C)C(=O)C2(c3ccc(Br)cc3)CCC2)cc1OC. The number of amides is 1. The van der Waals surface area contributed by atoms with Crippen LogP contribution in [0.5, 0.6) is 11.5 Å². The van der Waals surface area contributed by atoms with Crippen molar-refractivity contribution in [3.63, 3.8) is 0 Å². The Labute approximate surface area is 156 Å². The van der Waals surface area contributed by atoms with Crippen molar-refractivity contribution in [3.05, 3.63) is 52.5 Å². The van der Waals surface area contributed by atoms with Gasteiger partial charge in [0.2, 0.25) is 5.91 Å². The minimum atomic E-state index is -0.428. The second kappa shape index (κ2) is 7.08. The average molecular weight is 404 g/mol. The number of ether oxygens (including phenoxy) is 2. The number of hydrogen-bond donors (Lipinski definition) is 0. The molecule has 25 heavy (non-hydrogen) atoms. The summed E-state index contributed by atoms with van der Waals surface area (Å²) < 4.78 is 11.7. The zero-order chi connectivity index (χ0) is 18.0. The predicted octanol–water partition coefficient (Wildman–Crippen LogP) is 4.55. The summed E-state index contributed by atoms with van der Waals surface area (Å²) in [5.41, 5.74) is 1.45. The van der Waals surface area contributed by atoms with Crippen LogP contribution in [0.15, 0.2) is 46.9 Å². The molecule has 0 aliphatic heterocycles. The second-order valence-corrected chi connectivity index (χ2v) is 7.26. The van der Waals surface area contributed by atoms with Crippen molar-refractivity contribution < 1.29 is 14.3 Å². The number of likely N-dealkylation sites (N-methyl/N-ethyl adjacent to an activating group) is 1. The Kier molecular flexibility index (Phi) is 5.04. The second-order valence-electron chi connectivity index (χ2n) is 6.35. The average Bonchev–Trinajstić information content (AvgIpc) is 2.61. The largest absolute Gasteiger partial charge is 0.493 e. The monoisotopic (exact) mass is 403 g/mol. The maximum atomic E-state index is 13.3. The van der Waals surface area contributed by atoms with Crippen LogP contribution in [0, 0.1) is 0 Å². The van der Waals surface area contributed by atoms with Gasteiger partial charge in [-0.1, -0.05) is 34.5 Å². The van der Waals surface area contributed by atoms with E-state index in [1.54, 1.807) is 19.1 Å². The van der Waals surface area contributed by atoms with Crippen molar-refractivity contribution >= 4 is 27.5 Å². The number of anilines is 1. The molecule has 0 N–H and O–H groups in total. The van der Waals surface area contributed by atoms with Gasteiger partial charge in [-0.3, -0.25) is 4.79 Å². The molecule has 1 fully saturated rings. The van der Waals surface area contributed by atoms with E-state index < -0.39 is 5.41 Å². The quantitative estimate of drug-likeness (QED) is 0.734. The Balaban J connectivity index is 1.92. The lowest BCUT2D eigenvalue weighted by Crippen LogP contribution is -2.50. The number of methoxy groups -OCH3 is 2. The summed E-state index contributed by atoms with van der Waals surface area (Å²) >= 11 is 3.46. The van der Waals surface area contributed by atoms with Crippen LogP contribution in [-0.2, 0) is 10.2 Å². The van der Waals surface area contributed by atoms with Crippen LogP contribution in [0.2, 0.25) is 0 Å². The van der Waals surface area contributed by atoms with E-state index in [1.807, 2.05) is 49.5 Å². The lowest BCUT2D eigenvalue weighted by atomic mass is 9.63. The van der Waals surface area contributed by atoms with Crippen molar-refractivity contribution in [2.45, 2.75) is 24.7 Å². The minimum absolute atomic E-state index is 0.119. The van der Waals surface area contributed by atoms with Gasteiger partial charge in [0.1, 0.15) is 0 Å². The highest BCUT2D eigenvalue weighted by atomic mass is 79.9. The lowest BCUT2D eigenvalue weighted by Gasteiger charge is -2.43. The molecule has 1 saturated carbocycles. The fraction of sp³-hybridized carbons (Fsp3) is 0.350. The highest BCUT2D eigenvalue weighted by Gasteiger charge is 2.47. The maximum Gasteiger partial charge on any atom is 0.237 e. The smallest absolute Gasteiger partial charge is 0.237 e. The molecule has 0 radical (unpaired) electrons. The van der Waals surface area contributed by atoms with Crippen LogP contribution in [0.4, 0.5) is 5.69 Å². The summed E-state index contributed by atoms with van der Waals surface area (Å²) in [6.07, 6.45) is 2.83. The number of rotatable bonds is 5. The molecule has 5 heteroatoms. The molecule has 0 spiro atoms. The first-order chi connectivity index (χ1) is 12.0. The Morgan fingerprint density at radius 3 is 2.20 bits per heavy atom. The zero-order valence-electron chi connectivity index (χ0n) is 14.7. The van der Waals surface area contributed by atoms with Gasteiger partial charge in [-0.25, -0.2) is 0 Å². The van der Waals surface area contributed by atoms with Crippen LogP contribution in [0.1, 0.15) is 24.8 Å². The molecule has 0 heterocycles. The topological polar surface area (TPSA) is 38.8 Å². The molecule has 0 bridgehead atoms. The summed E-state index contributed by atoms with van der Waals surface area (Å²) in [6.45, 7) is 0. The van der Waals surface area contributed by atoms with E-state index in [4.69, 9.17) is 9.47 Å². The molecule has 0 saturated heterocycles. The molecule has 0 unspecified atom stereocenters. The predicted molar refractivity (Wildman–Crippen MR) is 103 cm³/mol. The number of carbonyl (C=O) groups excluding carboxylic acids is 1. The first kappa shape index (κ1) is 17.8. The number of benzene rings is 2. The van der Waals surface area contributed by atoms with E-state index >= 15 is 0 Å². The van der Waals surface area contributed by atoms with Crippen LogP contribution in [0.25, 0.3) is 0 Å². The summed E-state index contributed by atoms with van der Waals surface area (Å²) in [6, 6.07) is 13.6.